The molecule has 15 heavy (non-hydrogen) atoms. The van der Waals surface area contributed by atoms with E-state index in [-0.39, 0.29) is 22.2 Å². The third-order valence-electron chi connectivity index (χ3n) is 1.83. The number of benzene rings is 1. The smallest absolute Gasteiger partial charge is 0.416 e. The Bertz CT molecular complexity index is 363. The molecule has 0 unspecified atom stereocenters. The molecule has 1 aromatic rings. The van der Waals surface area contributed by atoms with E-state index in [1.165, 1.54) is 13.2 Å². The van der Waals surface area contributed by atoms with E-state index in [4.69, 9.17) is 27.9 Å². The third-order valence-corrected chi connectivity index (χ3v) is 2.41. The van der Waals surface area contributed by atoms with E-state index in [0.29, 0.717) is 0 Å². The van der Waals surface area contributed by atoms with Gasteiger partial charge in [0.2, 0.25) is 0 Å². The van der Waals surface area contributed by atoms with Crippen molar-refractivity contribution >= 4 is 23.2 Å². The Kier molecular flexibility index (Phi) is 3.73. The molecule has 0 aliphatic carbocycles. The highest BCUT2D eigenvalue weighted by Gasteiger charge is 2.34. The molecule has 0 aromatic heterocycles. The molecule has 0 saturated carbocycles. The van der Waals surface area contributed by atoms with Crippen LogP contribution in [0.4, 0.5) is 13.2 Å². The Morgan fingerprint density at radius 2 is 1.93 bits per heavy atom. The minimum absolute atomic E-state index is 0.0505. The van der Waals surface area contributed by atoms with Gasteiger partial charge in [0.05, 0.1) is 17.7 Å². The lowest BCUT2D eigenvalue weighted by atomic mass is 10.1. The Morgan fingerprint density at radius 1 is 1.33 bits per heavy atom. The van der Waals surface area contributed by atoms with Crippen molar-refractivity contribution in [2.75, 3.05) is 7.11 Å². The summed E-state index contributed by atoms with van der Waals surface area (Å²) >= 11 is 11.0. The lowest BCUT2D eigenvalue weighted by molar-refractivity contribution is -0.138. The maximum atomic E-state index is 12.5. The predicted octanol–water partition coefficient (Wildman–Crippen LogP) is 4.11. The minimum Gasteiger partial charge on any atom is -0.495 e. The van der Waals surface area contributed by atoms with Crippen LogP contribution < -0.4 is 4.74 Å². The zero-order valence-corrected chi connectivity index (χ0v) is 9.17. The highest BCUT2D eigenvalue weighted by atomic mass is 35.5. The first-order valence-electron chi connectivity index (χ1n) is 3.89. The second kappa shape index (κ2) is 4.49. The fraction of sp³-hybridized carbons (Fsp3) is 0.333. The largest absolute Gasteiger partial charge is 0.495 e. The van der Waals surface area contributed by atoms with Crippen LogP contribution in [0.3, 0.4) is 0 Å². The number of rotatable bonds is 2. The lowest BCUT2D eigenvalue weighted by Crippen LogP contribution is -2.08. The average Bonchev–Trinajstić information content (AvgIpc) is 2.16. The van der Waals surface area contributed by atoms with Crippen LogP contribution in [-0.4, -0.2) is 7.11 Å². The molecule has 0 aliphatic rings. The number of ether oxygens (including phenoxy) is 1. The Hall–Kier alpha value is -0.610. The number of halogens is 5. The van der Waals surface area contributed by atoms with Crippen LogP contribution in [0.1, 0.15) is 11.1 Å². The van der Waals surface area contributed by atoms with Crippen LogP contribution in [0.25, 0.3) is 0 Å². The molecule has 0 atom stereocenters. The van der Waals surface area contributed by atoms with Gasteiger partial charge in [0, 0.05) is 5.88 Å². The topological polar surface area (TPSA) is 9.23 Å². The molecule has 0 N–H and O–H groups in total. The zero-order valence-electron chi connectivity index (χ0n) is 7.66. The molecular formula is C9H7Cl2F3O. The van der Waals surface area contributed by atoms with Crippen molar-refractivity contribution < 1.29 is 17.9 Å². The highest BCUT2D eigenvalue weighted by Crippen LogP contribution is 2.38. The van der Waals surface area contributed by atoms with E-state index < -0.39 is 11.7 Å². The first-order valence-corrected chi connectivity index (χ1v) is 4.81. The van der Waals surface area contributed by atoms with Crippen molar-refractivity contribution in [2.45, 2.75) is 12.1 Å². The van der Waals surface area contributed by atoms with Gasteiger partial charge in [0.1, 0.15) is 5.75 Å². The van der Waals surface area contributed by atoms with Crippen molar-refractivity contribution in [2.24, 2.45) is 0 Å². The third kappa shape index (κ3) is 2.69. The Balaban J connectivity index is 3.34. The molecule has 0 bridgehead atoms. The molecule has 0 radical (unpaired) electrons. The first kappa shape index (κ1) is 12.5. The second-order valence-corrected chi connectivity index (χ2v) is 3.45. The molecule has 1 rings (SSSR count). The van der Waals surface area contributed by atoms with Crippen molar-refractivity contribution in [3.8, 4) is 5.75 Å². The van der Waals surface area contributed by atoms with E-state index >= 15 is 0 Å². The molecule has 84 valence electrons. The molecule has 0 spiro atoms. The van der Waals surface area contributed by atoms with Crippen LogP contribution >= 0.6 is 23.2 Å². The molecule has 1 nitrogen and oxygen atoms in total. The zero-order chi connectivity index (χ0) is 11.6. The SMILES string of the molecule is COc1cc(CCl)c(C(F)(F)F)cc1Cl. The van der Waals surface area contributed by atoms with Gasteiger partial charge in [-0.05, 0) is 17.7 Å². The van der Waals surface area contributed by atoms with Crippen molar-refractivity contribution in [3.63, 3.8) is 0 Å². The summed E-state index contributed by atoms with van der Waals surface area (Å²) in [6, 6.07) is 2.01. The van der Waals surface area contributed by atoms with Crippen molar-refractivity contribution in [3.05, 3.63) is 28.3 Å². The first-order chi connectivity index (χ1) is 6.90. The highest BCUT2D eigenvalue weighted by molar-refractivity contribution is 6.32. The van der Waals surface area contributed by atoms with Gasteiger partial charge in [0.25, 0.3) is 0 Å². The summed E-state index contributed by atoms with van der Waals surface area (Å²) in [4.78, 5) is 0. The van der Waals surface area contributed by atoms with Gasteiger partial charge in [-0.25, -0.2) is 0 Å². The number of alkyl halides is 4. The monoisotopic (exact) mass is 258 g/mol. The van der Waals surface area contributed by atoms with Gasteiger partial charge >= 0.3 is 6.18 Å². The number of methoxy groups -OCH3 is 1. The maximum Gasteiger partial charge on any atom is 0.416 e. The Labute approximate surface area is 94.7 Å². The van der Waals surface area contributed by atoms with Gasteiger partial charge in [0.15, 0.2) is 0 Å². The Morgan fingerprint density at radius 3 is 2.33 bits per heavy atom. The molecule has 0 amide bonds. The van der Waals surface area contributed by atoms with E-state index in [9.17, 15) is 13.2 Å². The standard InChI is InChI=1S/C9H7Cl2F3O/c1-15-8-2-5(4-10)6(3-7(8)11)9(12,13)14/h2-3H,4H2,1H3. The summed E-state index contributed by atoms with van der Waals surface area (Å²) < 4.78 is 42.3. The van der Waals surface area contributed by atoms with Crippen LogP contribution in [0.2, 0.25) is 5.02 Å². The summed E-state index contributed by atoms with van der Waals surface area (Å²) in [5.41, 5.74) is -0.881. The number of hydrogen-bond donors (Lipinski definition) is 0. The summed E-state index contributed by atoms with van der Waals surface area (Å²) in [6.07, 6.45) is -4.46. The molecule has 6 heteroatoms. The van der Waals surface area contributed by atoms with E-state index in [0.717, 1.165) is 6.07 Å². The average molecular weight is 259 g/mol. The molecule has 0 fully saturated rings. The number of hydrogen-bond acceptors (Lipinski definition) is 1. The van der Waals surface area contributed by atoms with Gasteiger partial charge in [-0.1, -0.05) is 11.6 Å². The quantitative estimate of drug-likeness (QED) is 0.726. The fourth-order valence-corrected chi connectivity index (χ4v) is 1.59. The predicted molar refractivity (Wildman–Crippen MR) is 52.6 cm³/mol. The summed E-state index contributed by atoms with van der Waals surface area (Å²) in [5.74, 6) is -0.0668. The molecule has 0 saturated heterocycles. The van der Waals surface area contributed by atoms with Crippen LogP contribution in [-0.2, 0) is 12.1 Å². The van der Waals surface area contributed by atoms with Crippen LogP contribution in [0.15, 0.2) is 12.1 Å². The minimum atomic E-state index is -4.46. The molecule has 0 heterocycles. The van der Waals surface area contributed by atoms with E-state index in [1.807, 2.05) is 0 Å². The van der Waals surface area contributed by atoms with Gasteiger partial charge in [-0.3, -0.25) is 0 Å². The van der Waals surface area contributed by atoms with Crippen LogP contribution in [0.5, 0.6) is 5.75 Å². The van der Waals surface area contributed by atoms with Gasteiger partial charge < -0.3 is 4.74 Å². The van der Waals surface area contributed by atoms with Crippen molar-refractivity contribution in [1.82, 2.24) is 0 Å². The summed E-state index contributed by atoms with van der Waals surface area (Å²) in [6.45, 7) is 0. The molecule has 0 aliphatic heterocycles. The second-order valence-electron chi connectivity index (χ2n) is 2.78. The van der Waals surface area contributed by atoms with Crippen molar-refractivity contribution in [1.29, 1.82) is 0 Å². The molecule has 1 aromatic carbocycles. The summed E-state index contributed by atoms with van der Waals surface area (Å²) in [7, 11) is 1.33. The fourth-order valence-electron chi connectivity index (χ4n) is 1.13. The summed E-state index contributed by atoms with van der Waals surface area (Å²) in [5, 5.41) is -0.0845. The normalized spacial score (nSPS) is 11.6. The van der Waals surface area contributed by atoms with E-state index in [2.05, 4.69) is 0 Å². The van der Waals surface area contributed by atoms with Gasteiger partial charge in [-0.15, -0.1) is 11.6 Å². The maximum absolute atomic E-state index is 12.5. The molecular weight excluding hydrogens is 252 g/mol. The van der Waals surface area contributed by atoms with Gasteiger partial charge in [-0.2, -0.15) is 13.2 Å². The van der Waals surface area contributed by atoms with Crippen LogP contribution in [0, 0.1) is 0 Å². The van der Waals surface area contributed by atoms with E-state index in [1.54, 1.807) is 0 Å². The lowest BCUT2D eigenvalue weighted by Gasteiger charge is -2.13.